The Kier molecular flexibility index (Phi) is 6.68. The minimum absolute atomic E-state index is 0.162. The molecule has 0 atom stereocenters. The van der Waals surface area contributed by atoms with E-state index in [1.54, 1.807) is 0 Å². The van der Waals surface area contributed by atoms with Gasteiger partial charge in [0.15, 0.2) is 0 Å². The summed E-state index contributed by atoms with van der Waals surface area (Å²) in [5, 5.41) is 6.31. The highest BCUT2D eigenvalue weighted by molar-refractivity contribution is 5.78. The Bertz CT molecular complexity index is 453. The Hall–Kier alpha value is -1.59. The molecule has 1 heterocycles. The molecule has 1 saturated heterocycles. The van der Waals surface area contributed by atoms with Crippen molar-refractivity contribution >= 4 is 5.91 Å². The first kappa shape index (κ1) is 16.8. The van der Waals surface area contributed by atoms with E-state index in [1.807, 2.05) is 38.4 Å². The van der Waals surface area contributed by atoms with Crippen LogP contribution in [0.4, 0.5) is 0 Å². The van der Waals surface area contributed by atoms with E-state index in [0.29, 0.717) is 13.2 Å². The molecule has 0 radical (unpaired) electrons. The summed E-state index contributed by atoms with van der Waals surface area (Å²) in [6.45, 7) is 4.04. The van der Waals surface area contributed by atoms with E-state index in [4.69, 9.17) is 4.74 Å². The molecule has 2 rings (SSSR count). The van der Waals surface area contributed by atoms with Crippen LogP contribution in [-0.4, -0.2) is 51.1 Å². The summed E-state index contributed by atoms with van der Waals surface area (Å²) in [4.78, 5) is 14.2. The van der Waals surface area contributed by atoms with Gasteiger partial charge in [0.05, 0.1) is 0 Å². The first-order chi connectivity index (χ1) is 10.6. The van der Waals surface area contributed by atoms with Crippen LogP contribution < -0.4 is 15.4 Å². The van der Waals surface area contributed by atoms with Crippen LogP contribution in [0.25, 0.3) is 0 Å². The molecule has 5 heteroatoms. The van der Waals surface area contributed by atoms with Crippen molar-refractivity contribution < 1.29 is 9.53 Å². The molecule has 0 unspecified atom stereocenters. The van der Waals surface area contributed by atoms with E-state index in [-0.39, 0.29) is 11.8 Å². The van der Waals surface area contributed by atoms with Crippen molar-refractivity contribution in [1.82, 2.24) is 15.5 Å². The van der Waals surface area contributed by atoms with Gasteiger partial charge in [-0.25, -0.2) is 0 Å². The standard InChI is InChI=1S/C17H27N3O2/c1-20(2)11-12-22-16-5-3-14(4-6-16)13-19-17(21)15-7-9-18-10-8-15/h3-6,15,18H,7-13H2,1-2H3,(H,19,21). The van der Waals surface area contributed by atoms with E-state index in [1.165, 1.54) is 0 Å². The third-order valence-electron chi connectivity index (χ3n) is 3.91. The molecule has 0 bridgehead atoms. The summed E-state index contributed by atoms with van der Waals surface area (Å²) in [5.74, 6) is 1.21. The third-order valence-corrected chi connectivity index (χ3v) is 3.91. The summed E-state index contributed by atoms with van der Waals surface area (Å²) in [7, 11) is 4.05. The zero-order valence-corrected chi connectivity index (χ0v) is 13.6. The number of rotatable bonds is 7. The lowest BCUT2D eigenvalue weighted by Gasteiger charge is -2.21. The van der Waals surface area contributed by atoms with Crippen LogP contribution in [0, 0.1) is 5.92 Å². The highest BCUT2D eigenvalue weighted by atomic mass is 16.5. The van der Waals surface area contributed by atoms with Gasteiger partial charge in [-0.2, -0.15) is 0 Å². The molecule has 1 amide bonds. The molecular weight excluding hydrogens is 278 g/mol. The van der Waals surface area contributed by atoms with E-state index in [0.717, 1.165) is 43.8 Å². The molecule has 0 aliphatic carbocycles. The fraction of sp³-hybridized carbons (Fsp3) is 0.588. The topological polar surface area (TPSA) is 53.6 Å². The normalized spacial score (nSPS) is 15.8. The number of likely N-dealkylation sites (N-methyl/N-ethyl adjacent to an activating group) is 1. The van der Waals surface area contributed by atoms with Crippen molar-refractivity contribution in [2.75, 3.05) is 40.3 Å². The molecule has 2 N–H and O–H groups in total. The number of amides is 1. The molecular formula is C17H27N3O2. The highest BCUT2D eigenvalue weighted by Crippen LogP contribution is 2.14. The van der Waals surface area contributed by atoms with Gasteiger partial charge in [-0.3, -0.25) is 4.79 Å². The maximum Gasteiger partial charge on any atom is 0.223 e. The summed E-state index contributed by atoms with van der Waals surface area (Å²) in [5.41, 5.74) is 1.10. The molecule has 22 heavy (non-hydrogen) atoms. The molecule has 1 aromatic rings. The monoisotopic (exact) mass is 305 g/mol. The number of benzene rings is 1. The largest absolute Gasteiger partial charge is 0.492 e. The molecule has 0 saturated carbocycles. The van der Waals surface area contributed by atoms with Gasteiger partial charge in [0.25, 0.3) is 0 Å². The number of piperidine rings is 1. The van der Waals surface area contributed by atoms with Gasteiger partial charge >= 0.3 is 0 Å². The minimum atomic E-state index is 0.162. The van der Waals surface area contributed by atoms with Crippen molar-refractivity contribution in [3.63, 3.8) is 0 Å². The van der Waals surface area contributed by atoms with Gasteiger partial charge in [0.2, 0.25) is 5.91 Å². The zero-order chi connectivity index (χ0) is 15.8. The molecule has 122 valence electrons. The summed E-state index contributed by atoms with van der Waals surface area (Å²) in [6, 6.07) is 7.94. The molecule has 1 aliphatic heterocycles. The number of nitrogens with one attached hydrogen (secondary N) is 2. The van der Waals surface area contributed by atoms with Gasteiger partial charge in [-0.1, -0.05) is 12.1 Å². The maximum atomic E-state index is 12.1. The number of hydrogen-bond donors (Lipinski definition) is 2. The average Bonchev–Trinajstić information content (AvgIpc) is 2.54. The van der Waals surface area contributed by atoms with Gasteiger partial charge in [-0.15, -0.1) is 0 Å². The van der Waals surface area contributed by atoms with Gasteiger partial charge in [0.1, 0.15) is 12.4 Å². The molecule has 1 aliphatic rings. The number of carbonyl (C=O) groups is 1. The molecule has 1 aromatic carbocycles. The van der Waals surface area contributed by atoms with Crippen LogP contribution in [-0.2, 0) is 11.3 Å². The van der Waals surface area contributed by atoms with E-state index in [2.05, 4.69) is 15.5 Å². The van der Waals surface area contributed by atoms with Crippen molar-refractivity contribution in [3.8, 4) is 5.75 Å². The first-order valence-corrected chi connectivity index (χ1v) is 8.00. The van der Waals surface area contributed by atoms with Crippen molar-refractivity contribution in [2.45, 2.75) is 19.4 Å². The lowest BCUT2D eigenvalue weighted by molar-refractivity contribution is -0.125. The predicted octanol–water partition coefficient (Wildman–Crippen LogP) is 1.24. The van der Waals surface area contributed by atoms with Crippen LogP contribution in [0.1, 0.15) is 18.4 Å². The van der Waals surface area contributed by atoms with E-state index in [9.17, 15) is 4.79 Å². The number of hydrogen-bond acceptors (Lipinski definition) is 4. The molecule has 0 aromatic heterocycles. The number of ether oxygens (including phenoxy) is 1. The first-order valence-electron chi connectivity index (χ1n) is 8.00. The minimum Gasteiger partial charge on any atom is -0.492 e. The van der Waals surface area contributed by atoms with E-state index < -0.39 is 0 Å². The second kappa shape index (κ2) is 8.76. The van der Waals surface area contributed by atoms with Crippen LogP contribution in [0.5, 0.6) is 5.75 Å². The Morgan fingerprint density at radius 3 is 2.59 bits per heavy atom. The van der Waals surface area contributed by atoms with Crippen molar-refractivity contribution in [2.24, 2.45) is 5.92 Å². The predicted molar refractivity (Wildman–Crippen MR) is 87.9 cm³/mol. The van der Waals surface area contributed by atoms with Gasteiger partial charge in [0, 0.05) is 19.0 Å². The van der Waals surface area contributed by atoms with E-state index >= 15 is 0 Å². The van der Waals surface area contributed by atoms with Gasteiger partial charge < -0.3 is 20.3 Å². The zero-order valence-electron chi connectivity index (χ0n) is 13.6. The molecule has 1 fully saturated rings. The lowest BCUT2D eigenvalue weighted by atomic mass is 9.97. The Balaban J connectivity index is 1.72. The smallest absolute Gasteiger partial charge is 0.223 e. The van der Waals surface area contributed by atoms with Crippen molar-refractivity contribution in [1.29, 1.82) is 0 Å². The van der Waals surface area contributed by atoms with Gasteiger partial charge in [-0.05, 0) is 57.7 Å². The average molecular weight is 305 g/mol. The summed E-state index contributed by atoms with van der Waals surface area (Å²) < 4.78 is 5.66. The highest BCUT2D eigenvalue weighted by Gasteiger charge is 2.20. The van der Waals surface area contributed by atoms with Crippen LogP contribution in [0.15, 0.2) is 24.3 Å². The Labute approximate surface area is 133 Å². The quantitative estimate of drug-likeness (QED) is 0.796. The van der Waals surface area contributed by atoms with Crippen molar-refractivity contribution in [3.05, 3.63) is 29.8 Å². The summed E-state index contributed by atoms with van der Waals surface area (Å²) >= 11 is 0. The fourth-order valence-electron chi connectivity index (χ4n) is 2.47. The molecule has 5 nitrogen and oxygen atoms in total. The number of nitrogens with zero attached hydrogens (tertiary/aromatic N) is 1. The SMILES string of the molecule is CN(C)CCOc1ccc(CNC(=O)C2CCNCC2)cc1. The Morgan fingerprint density at radius 2 is 1.95 bits per heavy atom. The van der Waals surface area contributed by atoms with Crippen LogP contribution in [0.2, 0.25) is 0 Å². The fourth-order valence-corrected chi connectivity index (χ4v) is 2.47. The second-order valence-electron chi connectivity index (χ2n) is 6.04. The second-order valence-corrected chi connectivity index (χ2v) is 6.04. The Morgan fingerprint density at radius 1 is 1.27 bits per heavy atom. The summed E-state index contributed by atoms with van der Waals surface area (Å²) in [6.07, 6.45) is 1.87. The molecule has 0 spiro atoms. The lowest BCUT2D eigenvalue weighted by Crippen LogP contribution is -2.37. The number of carbonyl (C=O) groups excluding carboxylic acids is 1. The maximum absolute atomic E-state index is 12.1. The third kappa shape index (κ3) is 5.66. The van der Waals surface area contributed by atoms with Crippen LogP contribution in [0.3, 0.4) is 0 Å². The van der Waals surface area contributed by atoms with Crippen LogP contribution >= 0.6 is 0 Å².